The molecule has 1 nitrogen and oxygen atoms in total. The highest BCUT2D eigenvalue weighted by atomic mass is 19.4. The highest BCUT2D eigenvalue weighted by Crippen LogP contribution is 2.25. The fourth-order valence-electron chi connectivity index (χ4n) is 2.40. The zero-order chi connectivity index (χ0) is 15.3. The van der Waals surface area contributed by atoms with E-state index in [2.05, 4.69) is 18.6 Å². The second kappa shape index (κ2) is 12.5. The summed E-state index contributed by atoms with van der Waals surface area (Å²) in [7, 11) is 0. The van der Waals surface area contributed by atoms with E-state index in [1.807, 2.05) is 0 Å². The minimum absolute atomic E-state index is 0.539. The molecular formula is C16H31F3O. The molecule has 0 fully saturated rings. The molecule has 0 aliphatic carbocycles. The Balaban J connectivity index is 3.83. The molecule has 0 aromatic rings. The molecule has 0 bridgehead atoms. The summed E-state index contributed by atoms with van der Waals surface area (Å²) >= 11 is 0. The van der Waals surface area contributed by atoms with E-state index in [1.165, 1.54) is 12.8 Å². The highest BCUT2D eigenvalue weighted by molar-refractivity contribution is 4.61. The second-order valence-electron chi connectivity index (χ2n) is 5.59. The van der Waals surface area contributed by atoms with Gasteiger partial charge in [0, 0.05) is 0 Å². The van der Waals surface area contributed by atoms with Crippen molar-refractivity contribution in [3.05, 3.63) is 0 Å². The van der Waals surface area contributed by atoms with Gasteiger partial charge in [-0.1, -0.05) is 78.1 Å². The quantitative estimate of drug-likeness (QED) is 0.347. The van der Waals surface area contributed by atoms with Crippen LogP contribution in [0.5, 0.6) is 0 Å². The number of ether oxygens (including phenoxy) is 1. The number of hydrogen-bond acceptors (Lipinski definition) is 1. The first kappa shape index (κ1) is 19.8. The summed E-state index contributed by atoms with van der Waals surface area (Å²) in [4.78, 5) is 0. The highest BCUT2D eigenvalue weighted by Gasteiger charge is 2.32. The van der Waals surface area contributed by atoms with Crippen LogP contribution in [0.4, 0.5) is 13.2 Å². The standard InChI is InChI=1S/C16H31F3O/c1-3-5-7-9-11-13-15(20-16(17,18)19)14-12-10-8-6-4-2/h15H,3-14H2,1-2H3. The van der Waals surface area contributed by atoms with Gasteiger partial charge in [-0.25, -0.2) is 0 Å². The summed E-state index contributed by atoms with van der Waals surface area (Å²) in [6, 6.07) is 0. The second-order valence-corrected chi connectivity index (χ2v) is 5.59. The lowest BCUT2D eigenvalue weighted by atomic mass is 10.0. The fourth-order valence-corrected chi connectivity index (χ4v) is 2.40. The number of hydrogen-bond donors (Lipinski definition) is 0. The molecule has 0 aromatic heterocycles. The van der Waals surface area contributed by atoms with Gasteiger partial charge in [0.25, 0.3) is 0 Å². The van der Waals surface area contributed by atoms with Gasteiger partial charge in [-0.15, -0.1) is 13.2 Å². The summed E-state index contributed by atoms with van der Waals surface area (Å²) < 4.78 is 41.3. The minimum atomic E-state index is -4.49. The normalized spacial score (nSPS) is 12.3. The Labute approximate surface area is 122 Å². The fraction of sp³-hybridized carbons (Fsp3) is 1.00. The van der Waals surface area contributed by atoms with Crippen LogP contribution in [0.25, 0.3) is 0 Å². The molecular weight excluding hydrogens is 265 g/mol. The van der Waals surface area contributed by atoms with Crippen LogP contribution in [0.15, 0.2) is 0 Å². The molecule has 0 atom stereocenters. The van der Waals surface area contributed by atoms with E-state index >= 15 is 0 Å². The van der Waals surface area contributed by atoms with Crippen molar-refractivity contribution < 1.29 is 17.9 Å². The van der Waals surface area contributed by atoms with E-state index in [9.17, 15) is 13.2 Å². The molecule has 0 rings (SSSR count). The van der Waals surface area contributed by atoms with Crippen molar-refractivity contribution >= 4 is 0 Å². The topological polar surface area (TPSA) is 9.23 Å². The van der Waals surface area contributed by atoms with Gasteiger partial charge >= 0.3 is 6.36 Å². The van der Waals surface area contributed by atoms with E-state index in [0.717, 1.165) is 51.4 Å². The molecule has 0 saturated heterocycles. The van der Waals surface area contributed by atoms with Crippen LogP contribution in [0, 0.1) is 0 Å². The monoisotopic (exact) mass is 296 g/mol. The molecule has 122 valence electrons. The summed E-state index contributed by atoms with van der Waals surface area (Å²) in [5.74, 6) is 0. The van der Waals surface area contributed by atoms with Gasteiger partial charge in [-0.2, -0.15) is 0 Å². The first-order chi connectivity index (χ1) is 9.49. The van der Waals surface area contributed by atoms with Gasteiger partial charge in [0.05, 0.1) is 6.10 Å². The zero-order valence-electron chi connectivity index (χ0n) is 13.1. The Bertz CT molecular complexity index is 190. The maximum absolute atomic E-state index is 12.3. The third-order valence-electron chi connectivity index (χ3n) is 3.56. The molecule has 0 unspecified atom stereocenters. The Morgan fingerprint density at radius 1 is 0.700 bits per heavy atom. The van der Waals surface area contributed by atoms with E-state index in [-0.39, 0.29) is 0 Å². The Morgan fingerprint density at radius 3 is 1.45 bits per heavy atom. The van der Waals surface area contributed by atoms with Crippen LogP contribution in [0.1, 0.15) is 90.9 Å². The molecule has 0 aliphatic rings. The molecule has 0 amide bonds. The van der Waals surface area contributed by atoms with Gasteiger partial charge in [0.15, 0.2) is 0 Å². The predicted octanol–water partition coefficient (Wildman–Crippen LogP) is 6.61. The first-order valence-corrected chi connectivity index (χ1v) is 8.24. The molecule has 0 spiro atoms. The smallest absolute Gasteiger partial charge is 0.289 e. The minimum Gasteiger partial charge on any atom is -0.289 e. The van der Waals surface area contributed by atoms with Crippen molar-refractivity contribution in [1.82, 2.24) is 0 Å². The summed E-state index contributed by atoms with van der Waals surface area (Å²) in [6.45, 7) is 4.26. The SMILES string of the molecule is CCCCCCCC(CCCCCCC)OC(F)(F)F. The van der Waals surface area contributed by atoms with E-state index < -0.39 is 12.5 Å². The third-order valence-corrected chi connectivity index (χ3v) is 3.56. The Morgan fingerprint density at radius 2 is 1.10 bits per heavy atom. The van der Waals surface area contributed by atoms with E-state index in [0.29, 0.717) is 12.8 Å². The van der Waals surface area contributed by atoms with Crippen molar-refractivity contribution in [3.8, 4) is 0 Å². The van der Waals surface area contributed by atoms with Crippen LogP contribution in [0.3, 0.4) is 0 Å². The van der Waals surface area contributed by atoms with Gasteiger partial charge in [0.2, 0.25) is 0 Å². The first-order valence-electron chi connectivity index (χ1n) is 8.24. The Kier molecular flexibility index (Phi) is 12.3. The lowest BCUT2D eigenvalue weighted by Gasteiger charge is -2.19. The molecule has 4 heteroatoms. The largest absolute Gasteiger partial charge is 0.522 e. The van der Waals surface area contributed by atoms with E-state index in [1.54, 1.807) is 0 Å². The number of halogens is 3. The zero-order valence-corrected chi connectivity index (χ0v) is 13.1. The number of alkyl halides is 3. The van der Waals surface area contributed by atoms with Gasteiger partial charge in [0.1, 0.15) is 0 Å². The van der Waals surface area contributed by atoms with Crippen LogP contribution < -0.4 is 0 Å². The number of unbranched alkanes of at least 4 members (excludes halogenated alkanes) is 8. The maximum Gasteiger partial charge on any atom is 0.522 e. The molecule has 0 saturated carbocycles. The van der Waals surface area contributed by atoms with Gasteiger partial charge in [-0.05, 0) is 12.8 Å². The molecule has 0 aliphatic heterocycles. The van der Waals surface area contributed by atoms with Crippen LogP contribution in [-0.2, 0) is 4.74 Å². The van der Waals surface area contributed by atoms with Crippen molar-refractivity contribution in [2.75, 3.05) is 0 Å². The average Bonchev–Trinajstić information content (AvgIpc) is 2.36. The van der Waals surface area contributed by atoms with Crippen molar-refractivity contribution in [2.24, 2.45) is 0 Å². The molecule has 0 radical (unpaired) electrons. The summed E-state index contributed by atoms with van der Waals surface area (Å²) in [5.41, 5.74) is 0. The predicted molar refractivity (Wildman–Crippen MR) is 77.7 cm³/mol. The summed E-state index contributed by atoms with van der Waals surface area (Å²) in [5, 5.41) is 0. The lowest BCUT2D eigenvalue weighted by molar-refractivity contribution is -0.344. The Hall–Kier alpha value is -0.250. The molecule has 20 heavy (non-hydrogen) atoms. The lowest BCUT2D eigenvalue weighted by Crippen LogP contribution is -2.24. The van der Waals surface area contributed by atoms with Crippen molar-refractivity contribution in [1.29, 1.82) is 0 Å². The maximum atomic E-state index is 12.3. The average molecular weight is 296 g/mol. The van der Waals surface area contributed by atoms with Crippen LogP contribution in [-0.4, -0.2) is 12.5 Å². The van der Waals surface area contributed by atoms with Crippen molar-refractivity contribution in [3.63, 3.8) is 0 Å². The molecule has 0 heterocycles. The third kappa shape index (κ3) is 14.2. The van der Waals surface area contributed by atoms with Crippen LogP contribution >= 0.6 is 0 Å². The molecule has 0 N–H and O–H groups in total. The summed E-state index contributed by atoms with van der Waals surface area (Å²) in [6.07, 6.45) is 6.54. The van der Waals surface area contributed by atoms with E-state index in [4.69, 9.17) is 0 Å². The van der Waals surface area contributed by atoms with Gasteiger partial charge < -0.3 is 0 Å². The molecule has 0 aromatic carbocycles. The van der Waals surface area contributed by atoms with Crippen molar-refractivity contribution in [2.45, 2.75) is 103 Å². The number of rotatable bonds is 13. The van der Waals surface area contributed by atoms with Gasteiger partial charge in [-0.3, -0.25) is 4.74 Å². The van der Waals surface area contributed by atoms with Crippen LogP contribution in [0.2, 0.25) is 0 Å².